The van der Waals surface area contributed by atoms with Gasteiger partial charge >= 0.3 is 0 Å². The van der Waals surface area contributed by atoms with Crippen LogP contribution in [-0.4, -0.2) is 19.7 Å². The molecule has 1 aromatic carbocycles. The number of aromatic amines is 1. The largest absolute Gasteiger partial charge is 0.346 e. The highest BCUT2D eigenvalue weighted by Crippen LogP contribution is 2.24. The van der Waals surface area contributed by atoms with Crippen molar-refractivity contribution in [3.05, 3.63) is 52.5 Å². The van der Waals surface area contributed by atoms with Crippen LogP contribution in [0.5, 0.6) is 0 Å². The van der Waals surface area contributed by atoms with Crippen LogP contribution >= 0.6 is 22.6 Å². The Labute approximate surface area is 122 Å². The maximum atomic E-state index is 4.51. The summed E-state index contributed by atoms with van der Waals surface area (Å²) in [6.45, 7) is 0. The number of nitrogens with zero attached hydrogens (tertiary/aromatic N) is 3. The van der Waals surface area contributed by atoms with Crippen molar-refractivity contribution in [2.75, 3.05) is 0 Å². The van der Waals surface area contributed by atoms with E-state index in [0.29, 0.717) is 0 Å². The molecule has 3 aromatic heterocycles. The summed E-state index contributed by atoms with van der Waals surface area (Å²) in [5.41, 5.74) is 3.04. The van der Waals surface area contributed by atoms with Gasteiger partial charge < -0.3 is 4.98 Å². The van der Waals surface area contributed by atoms with Crippen LogP contribution in [0.2, 0.25) is 0 Å². The fraction of sp³-hybridized carbons (Fsp3) is 0. The standard InChI is InChI=1S/C14H9IN4/c15-10-2-1-9-8-18-19(13(9)7-10)12-4-6-17-14-11(12)3-5-16-14/h1-8H,(H,16,17). The van der Waals surface area contributed by atoms with E-state index in [1.165, 1.54) is 3.57 Å². The molecule has 0 saturated carbocycles. The molecule has 0 atom stereocenters. The van der Waals surface area contributed by atoms with Crippen molar-refractivity contribution in [3.8, 4) is 5.69 Å². The van der Waals surface area contributed by atoms with Crippen LogP contribution in [0.15, 0.2) is 48.9 Å². The molecule has 0 bridgehead atoms. The predicted octanol–water partition coefficient (Wildman–Crippen LogP) is 3.51. The van der Waals surface area contributed by atoms with Crippen molar-refractivity contribution >= 4 is 44.5 Å². The zero-order valence-corrected chi connectivity index (χ0v) is 12.0. The van der Waals surface area contributed by atoms with Crippen molar-refractivity contribution in [2.45, 2.75) is 0 Å². The summed E-state index contributed by atoms with van der Waals surface area (Å²) in [5, 5.41) is 6.72. The van der Waals surface area contributed by atoms with Gasteiger partial charge in [0, 0.05) is 26.7 Å². The minimum Gasteiger partial charge on any atom is -0.346 e. The first-order valence-corrected chi connectivity index (χ1v) is 6.96. The SMILES string of the molecule is Ic1ccc2cnn(-c3ccnc4[nH]ccc34)c2c1. The molecule has 92 valence electrons. The summed E-state index contributed by atoms with van der Waals surface area (Å²) in [6.07, 6.45) is 5.59. The normalized spacial score (nSPS) is 11.4. The maximum absolute atomic E-state index is 4.51. The first-order chi connectivity index (χ1) is 9.33. The van der Waals surface area contributed by atoms with E-state index in [2.05, 4.69) is 55.9 Å². The second-order valence-corrected chi connectivity index (χ2v) is 5.58. The maximum Gasteiger partial charge on any atom is 0.139 e. The second kappa shape index (κ2) is 4.06. The van der Waals surface area contributed by atoms with E-state index in [1.54, 1.807) is 6.20 Å². The molecular weight excluding hydrogens is 351 g/mol. The summed E-state index contributed by atoms with van der Waals surface area (Å²) in [7, 11) is 0. The zero-order chi connectivity index (χ0) is 12.8. The Morgan fingerprint density at radius 1 is 1.16 bits per heavy atom. The number of benzene rings is 1. The molecule has 0 aliphatic heterocycles. The van der Waals surface area contributed by atoms with Gasteiger partial charge in [0.15, 0.2) is 0 Å². The Bertz CT molecular complexity index is 891. The number of nitrogens with one attached hydrogen (secondary N) is 1. The van der Waals surface area contributed by atoms with Crippen molar-refractivity contribution in [3.63, 3.8) is 0 Å². The number of hydrogen-bond donors (Lipinski definition) is 1. The number of H-pyrrole nitrogens is 1. The molecular formula is C14H9IN4. The first kappa shape index (κ1) is 11.0. The Morgan fingerprint density at radius 3 is 3.05 bits per heavy atom. The highest BCUT2D eigenvalue weighted by atomic mass is 127. The van der Waals surface area contributed by atoms with Crippen LogP contribution in [-0.2, 0) is 0 Å². The summed E-state index contributed by atoms with van der Waals surface area (Å²) in [4.78, 5) is 7.44. The summed E-state index contributed by atoms with van der Waals surface area (Å²) in [5.74, 6) is 0. The first-order valence-electron chi connectivity index (χ1n) is 5.89. The van der Waals surface area contributed by atoms with Gasteiger partial charge in [-0.05, 0) is 46.9 Å². The van der Waals surface area contributed by atoms with Crippen LogP contribution in [0.1, 0.15) is 0 Å². The lowest BCUT2D eigenvalue weighted by Gasteiger charge is -2.05. The van der Waals surface area contributed by atoms with Crippen LogP contribution < -0.4 is 0 Å². The Hall–Kier alpha value is -1.89. The van der Waals surface area contributed by atoms with Gasteiger partial charge in [-0.1, -0.05) is 6.07 Å². The molecule has 0 amide bonds. The lowest BCUT2D eigenvalue weighted by Crippen LogP contribution is -1.97. The third kappa shape index (κ3) is 1.65. The van der Waals surface area contributed by atoms with E-state index in [9.17, 15) is 0 Å². The monoisotopic (exact) mass is 360 g/mol. The molecule has 0 fully saturated rings. The van der Waals surface area contributed by atoms with E-state index in [0.717, 1.165) is 27.6 Å². The highest BCUT2D eigenvalue weighted by molar-refractivity contribution is 14.1. The topological polar surface area (TPSA) is 46.5 Å². The average molecular weight is 360 g/mol. The number of halogens is 1. The van der Waals surface area contributed by atoms with Crippen LogP contribution in [0.25, 0.3) is 27.6 Å². The third-order valence-electron chi connectivity index (χ3n) is 3.20. The van der Waals surface area contributed by atoms with E-state index in [1.807, 2.05) is 29.2 Å². The molecule has 0 unspecified atom stereocenters. The van der Waals surface area contributed by atoms with Gasteiger partial charge in [0.05, 0.1) is 17.4 Å². The molecule has 4 rings (SSSR count). The summed E-state index contributed by atoms with van der Waals surface area (Å²) in [6, 6.07) is 10.3. The molecule has 19 heavy (non-hydrogen) atoms. The molecule has 1 N–H and O–H groups in total. The van der Waals surface area contributed by atoms with Crippen LogP contribution in [0.3, 0.4) is 0 Å². The molecule has 0 aliphatic rings. The third-order valence-corrected chi connectivity index (χ3v) is 3.87. The Balaban J connectivity index is 2.09. The van der Waals surface area contributed by atoms with Crippen molar-refractivity contribution in [2.24, 2.45) is 0 Å². The van der Waals surface area contributed by atoms with E-state index in [4.69, 9.17) is 0 Å². The van der Waals surface area contributed by atoms with Crippen molar-refractivity contribution in [1.29, 1.82) is 0 Å². The van der Waals surface area contributed by atoms with E-state index < -0.39 is 0 Å². The summed E-state index contributed by atoms with van der Waals surface area (Å²) >= 11 is 2.32. The lowest BCUT2D eigenvalue weighted by atomic mass is 10.2. The van der Waals surface area contributed by atoms with Gasteiger partial charge in [0.2, 0.25) is 0 Å². The Morgan fingerprint density at radius 2 is 2.11 bits per heavy atom. The minimum atomic E-state index is 0.881. The van der Waals surface area contributed by atoms with Crippen molar-refractivity contribution < 1.29 is 0 Å². The molecule has 0 spiro atoms. The van der Waals surface area contributed by atoms with Crippen LogP contribution in [0.4, 0.5) is 0 Å². The molecule has 5 heteroatoms. The average Bonchev–Trinajstić information content (AvgIpc) is 3.03. The van der Waals surface area contributed by atoms with Crippen LogP contribution in [0, 0.1) is 3.57 Å². The molecule has 4 nitrogen and oxygen atoms in total. The number of hydrogen-bond acceptors (Lipinski definition) is 2. The highest BCUT2D eigenvalue weighted by Gasteiger charge is 2.09. The van der Waals surface area contributed by atoms with Crippen molar-refractivity contribution in [1.82, 2.24) is 19.7 Å². The molecule has 3 heterocycles. The zero-order valence-electron chi connectivity index (χ0n) is 9.84. The van der Waals surface area contributed by atoms with E-state index >= 15 is 0 Å². The summed E-state index contributed by atoms with van der Waals surface area (Å²) < 4.78 is 3.17. The van der Waals surface area contributed by atoms with Gasteiger partial charge in [0.25, 0.3) is 0 Å². The number of fused-ring (bicyclic) bond motifs is 2. The number of rotatable bonds is 1. The predicted molar refractivity (Wildman–Crippen MR) is 83.4 cm³/mol. The molecule has 0 aliphatic carbocycles. The second-order valence-electron chi connectivity index (χ2n) is 4.33. The van der Waals surface area contributed by atoms with Gasteiger partial charge in [-0.15, -0.1) is 0 Å². The van der Waals surface area contributed by atoms with Gasteiger partial charge in [0.1, 0.15) is 5.65 Å². The van der Waals surface area contributed by atoms with Gasteiger partial charge in [-0.2, -0.15) is 5.10 Å². The quantitative estimate of drug-likeness (QED) is 0.528. The Kier molecular flexibility index (Phi) is 2.34. The smallest absolute Gasteiger partial charge is 0.139 e. The number of aromatic nitrogens is 4. The number of pyridine rings is 1. The molecule has 0 radical (unpaired) electrons. The minimum absolute atomic E-state index is 0.881. The fourth-order valence-electron chi connectivity index (χ4n) is 2.31. The van der Waals surface area contributed by atoms with Gasteiger partial charge in [-0.3, -0.25) is 0 Å². The molecule has 0 saturated heterocycles. The fourth-order valence-corrected chi connectivity index (χ4v) is 2.79. The van der Waals surface area contributed by atoms with E-state index in [-0.39, 0.29) is 0 Å². The molecule has 4 aromatic rings. The lowest BCUT2D eigenvalue weighted by molar-refractivity contribution is 0.916. The van der Waals surface area contributed by atoms with Gasteiger partial charge in [-0.25, -0.2) is 9.67 Å².